The Morgan fingerprint density at radius 1 is 0.688 bits per heavy atom. The number of amides is 3. The van der Waals surface area contributed by atoms with Crippen LogP contribution in [0, 0.1) is 0 Å². The Morgan fingerprint density at radius 3 is 1.80 bits per heavy atom. The highest BCUT2D eigenvalue weighted by Crippen LogP contribution is 2.32. The van der Waals surface area contributed by atoms with Crippen molar-refractivity contribution in [1.29, 1.82) is 0 Å². The van der Waals surface area contributed by atoms with E-state index in [1.165, 1.54) is 19.1 Å². The lowest BCUT2D eigenvalue weighted by molar-refractivity contribution is -0.152. The number of aliphatic carboxylic acids is 1. The van der Waals surface area contributed by atoms with Gasteiger partial charge in [0.05, 0.1) is 13.2 Å². The smallest absolute Gasteiger partial charge is 0.408 e. The van der Waals surface area contributed by atoms with E-state index in [-0.39, 0.29) is 45.1 Å². The van der Waals surface area contributed by atoms with Gasteiger partial charge in [-0.15, -0.1) is 0 Å². The van der Waals surface area contributed by atoms with E-state index in [1.807, 2.05) is 72.8 Å². The summed E-state index contributed by atoms with van der Waals surface area (Å²) in [7, 11) is 4.41. The van der Waals surface area contributed by atoms with E-state index < -0.39 is 42.3 Å². The van der Waals surface area contributed by atoms with Crippen LogP contribution in [-0.2, 0) is 61.3 Å². The van der Waals surface area contributed by atoms with E-state index >= 15 is 0 Å². The van der Waals surface area contributed by atoms with Gasteiger partial charge in [-0.1, -0.05) is 115 Å². The number of carbonyl (C=O) groups is 5. The summed E-state index contributed by atoms with van der Waals surface area (Å²) in [5, 5.41) is 18.8. The van der Waals surface area contributed by atoms with Gasteiger partial charge >= 0.3 is 24.1 Å². The van der Waals surface area contributed by atoms with Crippen molar-refractivity contribution in [1.82, 2.24) is 20.9 Å². The molecule has 14 nitrogen and oxygen atoms in total. The number of carboxylic acid groups (broad SMARTS) is 1. The molecule has 0 aliphatic carbocycles. The molecule has 0 bridgehead atoms. The van der Waals surface area contributed by atoms with Crippen LogP contribution in [0.2, 0.25) is 5.02 Å². The monoisotopic (exact) mass is 892 g/mol. The summed E-state index contributed by atoms with van der Waals surface area (Å²) >= 11 is 6.74. The van der Waals surface area contributed by atoms with E-state index in [0.29, 0.717) is 45.9 Å². The predicted molar refractivity (Wildman–Crippen MR) is 242 cm³/mol. The lowest BCUT2D eigenvalue weighted by atomic mass is 9.95. The molecule has 0 aliphatic heterocycles. The fourth-order valence-electron chi connectivity index (χ4n) is 6.82. The van der Waals surface area contributed by atoms with Gasteiger partial charge in [0.25, 0.3) is 0 Å². The van der Waals surface area contributed by atoms with Crippen LogP contribution in [-0.4, -0.2) is 85.9 Å². The van der Waals surface area contributed by atoms with Crippen LogP contribution in [0.4, 0.5) is 9.59 Å². The van der Waals surface area contributed by atoms with Crippen LogP contribution in [0.15, 0.2) is 127 Å². The summed E-state index contributed by atoms with van der Waals surface area (Å²) in [4.78, 5) is 66.0. The maximum Gasteiger partial charge on any atom is 0.408 e. The molecule has 336 valence electrons. The first kappa shape index (κ1) is 48.1. The second-order valence-corrected chi connectivity index (χ2v) is 15.3. The minimum absolute atomic E-state index is 0.00800. The van der Waals surface area contributed by atoms with Gasteiger partial charge in [0.2, 0.25) is 5.91 Å². The molecule has 0 unspecified atom stereocenters. The number of alkyl carbamates (subject to hydrolysis) is 2. The van der Waals surface area contributed by atoms with E-state index in [0.717, 1.165) is 16.7 Å². The fourth-order valence-corrected chi connectivity index (χ4v) is 7.01. The molecule has 4 N–H and O–H groups in total. The number of carboxylic acids is 1. The Hall–Kier alpha value is -6.90. The first-order valence-corrected chi connectivity index (χ1v) is 21.1. The number of methoxy groups -OCH3 is 1. The molecule has 0 saturated heterocycles. The van der Waals surface area contributed by atoms with Crippen molar-refractivity contribution in [2.45, 2.75) is 63.6 Å². The van der Waals surface area contributed by atoms with Crippen molar-refractivity contribution in [2.75, 3.05) is 27.7 Å². The topological polar surface area (TPSA) is 182 Å². The second-order valence-electron chi connectivity index (χ2n) is 14.9. The van der Waals surface area contributed by atoms with Gasteiger partial charge in [-0.25, -0.2) is 19.2 Å². The average molecular weight is 893 g/mol. The number of nitrogens with one attached hydrogen (secondary N) is 3. The van der Waals surface area contributed by atoms with Gasteiger partial charge in [0.15, 0.2) is 0 Å². The van der Waals surface area contributed by atoms with Gasteiger partial charge < -0.3 is 44.9 Å². The molecule has 0 heterocycles. The third-order valence-electron chi connectivity index (χ3n) is 10.4. The lowest BCUT2D eigenvalue weighted by Crippen LogP contribution is -2.51. The molecule has 0 aromatic heterocycles. The molecule has 0 fully saturated rings. The van der Waals surface area contributed by atoms with Crippen LogP contribution in [0.5, 0.6) is 5.75 Å². The van der Waals surface area contributed by atoms with Gasteiger partial charge in [0, 0.05) is 31.5 Å². The van der Waals surface area contributed by atoms with Gasteiger partial charge in [0.1, 0.15) is 37.7 Å². The molecule has 15 heteroatoms. The molecular formula is C49H53ClN4O10. The number of hydrogen-bond acceptors (Lipinski definition) is 10. The second kappa shape index (κ2) is 24.7. The zero-order valence-corrected chi connectivity index (χ0v) is 36.7. The van der Waals surface area contributed by atoms with Crippen molar-refractivity contribution in [3.8, 4) is 16.9 Å². The predicted octanol–water partition coefficient (Wildman–Crippen LogP) is 7.35. The summed E-state index contributed by atoms with van der Waals surface area (Å²) in [6.45, 7) is 0.568. The first-order chi connectivity index (χ1) is 30.9. The number of carbonyl (C=O) groups excluding carboxylic acids is 4. The Balaban J connectivity index is 1.30. The number of esters is 1. The molecule has 0 radical (unpaired) electrons. The van der Waals surface area contributed by atoms with Gasteiger partial charge in [-0.05, 0) is 83.1 Å². The highest BCUT2D eigenvalue weighted by Gasteiger charge is 2.32. The highest BCUT2D eigenvalue weighted by atomic mass is 35.5. The maximum atomic E-state index is 13.8. The molecule has 0 saturated carbocycles. The normalized spacial score (nSPS) is 12.2. The van der Waals surface area contributed by atoms with E-state index in [4.69, 9.17) is 30.5 Å². The minimum atomic E-state index is -1.37. The number of ether oxygens (including phenoxy) is 4. The average Bonchev–Trinajstić information content (AvgIpc) is 3.32. The third-order valence-corrected chi connectivity index (χ3v) is 10.8. The Kier molecular flexibility index (Phi) is 18.6. The standard InChI is InChI=1S/C49H53ClN4O10/c1-51-41(20-13-25-52-48(59)63-31-34-16-9-5-10-17-34)45(55)54(2)43(47(58)61-3)29-38-26-36(21-23-40(38)50)37-22-24-44(62-30-33-14-7-4-8-15-33)39(27-37)28-42(46(56)57)53-49(60)64-32-35-18-11-6-12-19-35/h4-12,14-19,21-24,26-27,41-43,51H,13,20,25,28-32H2,1-3H3,(H,52,59)(H,53,60)(H,56,57)/t41-,42-,43-/m0/s1. The van der Waals surface area contributed by atoms with E-state index in [2.05, 4.69) is 16.0 Å². The van der Waals surface area contributed by atoms with Gasteiger partial charge in [-0.2, -0.15) is 0 Å². The summed E-state index contributed by atoms with van der Waals surface area (Å²) in [6.07, 6.45) is -0.800. The van der Waals surface area contributed by atoms with Crippen LogP contribution < -0.4 is 20.7 Å². The van der Waals surface area contributed by atoms with Crippen LogP contribution in [0.25, 0.3) is 11.1 Å². The number of benzene rings is 5. The molecule has 3 amide bonds. The molecular weight excluding hydrogens is 840 g/mol. The van der Waals surface area contributed by atoms with E-state index in [9.17, 15) is 29.1 Å². The molecule has 3 atom stereocenters. The molecule has 5 aromatic carbocycles. The van der Waals surface area contributed by atoms with Crippen LogP contribution in [0.3, 0.4) is 0 Å². The minimum Gasteiger partial charge on any atom is -0.489 e. The summed E-state index contributed by atoms with van der Waals surface area (Å²) < 4.78 is 21.9. The van der Waals surface area contributed by atoms with Crippen molar-refractivity contribution in [2.24, 2.45) is 0 Å². The molecule has 0 aliphatic rings. The zero-order chi connectivity index (χ0) is 45.8. The maximum absolute atomic E-state index is 13.8. The first-order valence-electron chi connectivity index (χ1n) is 20.7. The summed E-state index contributed by atoms with van der Waals surface area (Å²) in [6, 6.07) is 35.3. The zero-order valence-electron chi connectivity index (χ0n) is 36.0. The van der Waals surface area contributed by atoms with Crippen LogP contribution in [0.1, 0.15) is 40.7 Å². The molecule has 5 aromatic rings. The third kappa shape index (κ3) is 14.6. The van der Waals surface area contributed by atoms with E-state index in [1.54, 1.807) is 61.6 Å². The Bertz CT molecular complexity index is 2320. The molecule has 0 spiro atoms. The fraction of sp³-hybridized carbons (Fsp3) is 0.286. The summed E-state index contributed by atoms with van der Waals surface area (Å²) in [5.74, 6) is -1.87. The van der Waals surface area contributed by atoms with Crippen molar-refractivity contribution in [3.05, 3.63) is 160 Å². The molecule has 5 rings (SSSR count). The Labute approximate surface area is 377 Å². The number of likely N-dealkylation sites (N-methyl/N-ethyl adjacent to an activating group) is 2. The Morgan fingerprint density at radius 2 is 1.23 bits per heavy atom. The molecule has 64 heavy (non-hydrogen) atoms. The number of halogens is 1. The lowest BCUT2D eigenvalue weighted by Gasteiger charge is -2.30. The van der Waals surface area contributed by atoms with Crippen molar-refractivity contribution >= 4 is 41.6 Å². The summed E-state index contributed by atoms with van der Waals surface area (Å²) in [5.41, 5.74) is 4.89. The van der Waals surface area contributed by atoms with Gasteiger partial charge in [-0.3, -0.25) is 4.79 Å². The number of rotatable bonds is 22. The number of hydrogen-bond donors (Lipinski definition) is 4. The number of nitrogens with zero attached hydrogens (tertiary/aromatic N) is 1. The SMILES string of the molecule is CN[C@@H](CCCNC(=O)OCc1ccccc1)C(=O)N(C)[C@@H](Cc1cc(-c2ccc(OCc3ccccc3)c(C[C@H](NC(=O)OCc3ccccc3)C(=O)O)c2)ccc1Cl)C(=O)OC. The van der Waals surface area contributed by atoms with Crippen LogP contribution >= 0.6 is 11.6 Å². The quantitative estimate of drug-likeness (QED) is 0.0310. The van der Waals surface area contributed by atoms with Crippen molar-refractivity contribution < 1.29 is 48.0 Å². The largest absolute Gasteiger partial charge is 0.489 e. The highest BCUT2D eigenvalue weighted by molar-refractivity contribution is 6.31. The van der Waals surface area contributed by atoms with Crippen molar-refractivity contribution in [3.63, 3.8) is 0 Å².